The van der Waals surface area contributed by atoms with Crippen LogP contribution in [0.1, 0.15) is 51.9 Å². The molecule has 0 heterocycles. The number of aliphatic hydroxyl groups excluding tert-OH is 1. The highest BCUT2D eigenvalue weighted by Gasteiger charge is 2.31. The van der Waals surface area contributed by atoms with Crippen LogP contribution in [0.15, 0.2) is 0 Å². The van der Waals surface area contributed by atoms with Crippen molar-refractivity contribution in [2.45, 2.75) is 64.0 Å². The van der Waals surface area contributed by atoms with Crippen LogP contribution >= 0.6 is 0 Å². The van der Waals surface area contributed by atoms with Gasteiger partial charge in [0.25, 0.3) is 0 Å². The summed E-state index contributed by atoms with van der Waals surface area (Å²) in [4.78, 5) is 0. The highest BCUT2D eigenvalue weighted by Crippen LogP contribution is 2.37. The number of nitrogens with one attached hydrogen (secondary N) is 1. The van der Waals surface area contributed by atoms with Gasteiger partial charge in [-0.3, -0.25) is 0 Å². The van der Waals surface area contributed by atoms with Crippen molar-refractivity contribution < 1.29 is 5.11 Å². The zero-order chi connectivity index (χ0) is 10.0. The van der Waals surface area contributed by atoms with Gasteiger partial charge in [0.1, 0.15) is 0 Å². The third-order valence-electron chi connectivity index (χ3n) is 4.08. The Morgan fingerprint density at radius 2 is 1.93 bits per heavy atom. The van der Waals surface area contributed by atoms with Crippen LogP contribution in [0.3, 0.4) is 0 Å². The van der Waals surface area contributed by atoms with Gasteiger partial charge in [0.15, 0.2) is 0 Å². The standard InChI is InChI=1S/C12H23NO/c1-12(7-2-3-8-12)9-13-10-5-4-6-11(10)14/h10-11,13-14H,2-9H2,1H3/t10-,11-/m0/s1. The van der Waals surface area contributed by atoms with Crippen molar-refractivity contribution in [2.75, 3.05) is 6.54 Å². The van der Waals surface area contributed by atoms with E-state index in [1.54, 1.807) is 0 Å². The van der Waals surface area contributed by atoms with Gasteiger partial charge in [-0.2, -0.15) is 0 Å². The molecular formula is C12H23NO. The molecular weight excluding hydrogens is 174 g/mol. The molecule has 0 aromatic carbocycles. The molecule has 2 N–H and O–H groups in total. The number of hydrogen-bond acceptors (Lipinski definition) is 2. The summed E-state index contributed by atoms with van der Waals surface area (Å²) in [5.74, 6) is 0. The van der Waals surface area contributed by atoms with Crippen molar-refractivity contribution >= 4 is 0 Å². The van der Waals surface area contributed by atoms with Gasteiger partial charge in [-0.1, -0.05) is 19.8 Å². The first kappa shape index (κ1) is 10.4. The summed E-state index contributed by atoms with van der Waals surface area (Å²) in [5.41, 5.74) is 0.516. The van der Waals surface area contributed by atoms with Gasteiger partial charge in [0, 0.05) is 12.6 Å². The Morgan fingerprint density at radius 1 is 1.21 bits per heavy atom. The van der Waals surface area contributed by atoms with Gasteiger partial charge in [-0.25, -0.2) is 0 Å². The summed E-state index contributed by atoms with van der Waals surface area (Å²) < 4.78 is 0. The van der Waals surface area contributed by atoms with E-state index in [0.717, 1.165) is 19.4 Å². The van der Waals surface area contributed by atoms with Crippen molar-refractivity contribution in [3.8, 4) is 0 Å². The molecule has 2 aliphatic carbocycles. The lowest BCUT2D eigenvalue weighted by Gasteiger charge is -2.27. The number of hydrogen-bond donors (Lipinski definition) is 2. The molecule has 0 bridgehead atoms. The molecule has 2 fully saturated rings. The van der Waals surface area contributed by atoms with E-state index in [-0.39, 0.29) is 6.10 Å². The second-order valence-corrected chi connectivity index (χ2v) is 5.50. The minimum atomic E-state index is -0.0833. The van der Waals surface area contributed by atoms with Gasteiger partial charge in [0.2, 0.25) is 0 Å². The lowest BCUT2D eigenvalue weighted by molar-refractivity contribution is 0.140. The fourth-order valence-corrected chi connectivity index (χ4v) is 2.96. The first-order chi connectivity index (χ1) is 6.70. The molecule has 14 heavy (non-hydrogen) atoms. The Balaban J connectivity index is 1.75. The molecule has 0 aromatic heterocycles. The molecule has 82 valence electrons. The van der Waals surface area contributed by atoms with Crippen LogP contribution in [-0.4, -0.2) is 23.8 Å². The van der Waals surface area contributed by atoms with Gasteiger partial charge in [-0.15, -0.1) is 0 Å². The van der Waals surface area contributed by atoms with Crippen LogP contribution in [0.5, 0.6) is 0 Å². The minimum Gasteiger partial charge on any atom is -0.392 e. The van der Waals surface area contributed by atoms with Crippen molar-refractivity contribution in [1.29, 1.82) is 0 Å². The summed E-state index contributed by atoms with van der Waals surface area (Å²) in [7, 11) is 0. The van der Waals surface area contributed by atoms with E-state index in [4.69, 9.17) is 0 Å². The molecule has 0 saturated heterocycles. The third kappa shape index (κ3) is 2.29. The van der Waals surface area contributed by atoms with Crippen LogP contribution in [-0.2, 0) is 0 Å². The fraction of sp³-hybridized carbons (Fsp3) is 1.00. The number of rotatable bonds is 3. The first-order valence-electron chi connectivity index (χ1n) is 6.11. The van der Waals surface area contributed by atoms with E-state index in [9.17, 15) is 5.11 Å². The molecule has 2 nitrogen and oxygen atoms in total. The monoisotopic (exact) mass is 197 g/mol. The predicted molar refractivity (Wildman–Crippen MR) is 58.2 cm³/mol. The highest BCUT2D eigenvalue weighted by atomic mass is 16.3. The summed E-state index contributed by atoms with van der Waals surface area (Å²) in [5, 5.41) is 13.2. The van der Waals surface area contributed by atoms with Crippen molar-refractivity contribution in [3.63, 3.8) is 0 Å². The second kappa shape index (κ2) is 4.19. The molecule has 0 aliphatic heterocycles. The summed E-state index contributed by atoms with van der Waals surface area (Å²) >= 11 is 0. The molecule has 0 aromatic rings. The zero-order valence-corrected chi connectivity index (χ0v) is 9.26. The van der Waals surface area contributed by atoms with E-state index >= 15 is 0 Å². The van der Waals surface area contributed by atoms with E-state index in [1.165, 1.54) is 32.1 Å². The van der Waals surface area contributed by atoms with Crippen LogP contribution < -0.4 is 5.32 Å². The van der Waals surface area contributed by atoms with Crippen LogP contribution in [0.2, 0.25) is 0 Å². The quantitative estimate of drug-likeness (QED) is 0.726. The topological polar surface area (TPSA) is 32.3 Å². The van der Waals surface area contributed by atoms with Crippen LogP contribution in [0.25, 0.3) is 0 Å². The first-order valence-corrected chi connectivity index (χ1v) is 6.11. The van der Waals surface area contributed by atoms with E-state index < -0.39 is 0 Å². The largest absolute Gasteiger partial charge is 0.392 e. The molecule has 0 radical (unpaired) electrons. The molecule has 0 spiro atoms. The van der Waals surface area contributed by atoms with Gasteiger partial charge in [0.05, 0.1) is 6.10 Å². The predicted octanol–water partition coefficient (Wildman–Crippen LogP) is 2.07. The molecule has 2 saturated carbocycles. The van der Waals surface area contributed by atoms with Crippen molar-refractivity contribution in [2.24, 2.45) is 5.41 Å². The maximum atomic E-state index is 9.68. The third-order valence-corrected chi connectivity index (χ3v) is 4.08. The lowest BCUT2D eigenvalue weighted by Crippen LogP contribution is -2.41. The summed E-state index contributed by atoms with van der Waals surface area (Å²) in [6.07, 6.45) is 8.78. The maximum absolute atomic E-state index is 9.68. The molecule has 0 unspecified atom stereocenters. The maximum Gasteiger partial charge on any atom is 0.0693 e. The Hall–Kier alpha value is -0.0800. The van der Waals surface area contributed by atoms with Crippen molar-refractivity contribution in [1.82, 2.24) is 5.32 Å². The minimum absolute atomic E-state index is 0.0833. The van der Waals surface area contributed by atoms with E-state index in [0.29, 0.717) is 11.5 Å². The van der Waals surface area contributed by atoms with Crippen LogP contribution in [0, 0.1) is 5.41 Å². The second-order valence-electron chi connectivity index (χ2n) is 5.50. The Morgan fingerprint density at radius 3 is 2.50 bits per heavy atom. The average Bonchev–Trinajstić information content (AvgIpc) is 2.73. The normalized spacial score (nSPS) is 36.4. The van der Waals surface area contributed by atoms with Crippen molar-refractivity contribution in [3.05, 3.63) is 0 Å². The summed E-state index contributed by atoms with van der Waals surface area (Å²) in [6.45, 7) is 3.49. The van der Waals surface area contributed by atoms with Gasteiger partial charge < -0.3 is 10.4 Å². The molecule has 2 heteroatoms. The smallest absolute Gasteiger partial charge is 0.0693 e. The molecule has 0 amide bonds. The highest BCUT2D eigenvalue weighted by molar-refractivity contribution is 4.88. The van der Waals surface area contributed by atoms with E-state index in [1.807, 2.05) is 0 Å². The lowest BCUT2D eigenvalue weighted by atomic mass is 9.88. The Labute approximate surface area is 87.1 Å². The average molecular weight is 197 g/mol. The van der Waals surface area contributed by atoms with Crippen LogP contribution in [0.4, 0.5) is 0 Å². The Kier molecular flexibility index (Phi) is 3.13. The molecule has 2 aliphatic rings. The van der Waals surface area contributed by atoms with Gasteiger partial charge in [-0.05, 0) is 37.5 Å². The Bertz CT molecular complexity index is 187. The number of aliphatic hydroxyl groups is 1. The molecule has 2 atom stereocenters. The zero-order valence-electron chi connectivity index (χ0n) is 9.26. The van der Waals surface area contributed by atoms with E-state index in [2.05, 4.69) is 12.2 Å². The SMILES string of the molecule is CC1(CN[C@H]2CCC[C@@H]2O)CCCC1. The fourth-order valence-electron chi connectivity index (χ4n) is 2.96. The molecule has 2 rings (SSSR count). The summed E-state index contributed by atoms with van der Waals surface area (Å²) in [6, 6.07) is 0.382. The van der Waals surface area contributed by atoms with Gasteiger partial charge >= 0.3 is 0 Å².